The second kappa shape index (κ2) is 5.90. The predicted molar refractivity (Wildman–Crippen MR) is 68.9 cm³/mol. The van der Waals surface area contributed by atoms with Crippen molar-refractivity contribution in [3.8, 4) is 0 Å². The molecule has 19 heavy (non-hydrogen) atoms. The molecule has 0 aliphatic rings. The summed E-state index contributed by atoms with van der Waals surface area (Å²) in [7, 11) is 0. The first kappa shape index (κ1) is 12.9. The predicted octanol–water partition coefficient (Wildman–Crippen LogP) is 1.17. The molecular weight excluding hydrogens is 247 g/mol. The molecule has 3 N–H and O–H groups in total. The molecule has 0 atom stereocenters. The van der Waals surface area contributed by atoms with Crippen LogP contribution in [0.4, 0.5) is 10.2 Å². The van der Waals surface area contributed by atoms with E-state index in [2.05, 4.69) is 15.3 Å². The molecule has 1 amide bonds. The van der Waals surface area contributed by atoms with Crippen molar-refractivity contribution in [2.24, 2.45) is 0 Å². The molecule has 0 aliphatic carbocycles. The molecular formula is C13H13FN4O. The van der Waals surface area contributed by atoms with E-state index in [1.54, 1.807) is 12.4 Å². The fraction of sp³-hybridized carbons (Fsp3) is 0.154. The number of halogens is 1. The summed E-state index contributed by atoms with van der Waals surface area (Å²) in [6.07, 6.45) is 5.32. The molecule has 5 nitrogen and oxygen atoms in total. The van der Waals surface area contributed by atoms with Crippen molar-refractivity contribution in [2.45, 2.75) is 6.42 Å². The Bertz CT molecular complexity index is 574. The van der Waals surface area contributed by atoms with Gasteiger partial charge >= 0.3 is 0 Å². The van der Waals surface area contributed by atoms with Crippen LogP contribution < -0.4 is 11.1 Å². The minimum absolute atomic E-state index is 0.0984. The number of nitrogens with zero attached hydrogens (tertiary/aromatic N) is 2. The van der Waals surface area contributed by atoms with Gasteiger partial charge in [-0.25, -0.2) is 9.37 Å². The normalized spacial score (nSPS) is 10.2. The van der Waals surface area contributed by atoms with Crippen molar-refractivity contribution in [2.75, 3.05) is 12.3 Å². The molecule has 0 fully saturated rings. The highest BCUT2D eigenvalue weighted by atomic mass is 19.1. The van der Waals surface area contributed by atoms with Crippen molar-refractivity contribution in [3.63, 3.8) is 0 Å². The molecule has 0 spiro atoms. The van der Waals surface area contributed by atoms with Gasteiger partial charge in [0.05, 0.1) is 5.56 Å². The minimum atomic E-state index is -0.790. The van der Waals surface area contributed by atoms with Crippen LogP contribution in [0.2, 0.25) is 0 Å². The molecule has 0 unspecified atom stereocenters. The van der Waals surface area contributed by atoms with E-state index in [9.17, 15) is 9.18 Å². The number of hydrogen-bond donors (Lipinski definition) is 2. The zero-order chi connectivity index (χ0) is 13.7. The lowest BCUT2D eigenvalue weighted by atomic mass is 10.2. The number of carbonyl (C=O) groups excluding carboxylic acids is 1. The highest BCUT2D eigenvalue weighted by Gasteiger charge is 2.13. The van der Waals surface area contributed by atoms with Crippen molar-refractivity contribution >= 4 is 11.7 Å². The van der Waals surface area contributed by atoms with E-state index in [0.717, 1.165) is 5.56 Å². The molecule has 0 radical (unpaired) electrons. The fourth-order valence-electron chi connectivity index (χ4n) is 1.60. The first-order chi connectivity index (χ1) is 9.18. The second-order valence-electron chi connectivity index (χ2n) is 3.92. The monoisotopic (exact) mass is 260 g/mol. The summed E-state index contributed by atoms with van der Waals surface area (Å²) in [6, 6.07) is 5.02. The van der Waals surface area contributed by atoms with Gasteiger partial charge in [0, 0.05) is 25.1 Å². The van der Waals surface area contributed by atoms with Crippen LogP contribution in [0, 0.1) is 5.82 Å². The van der Waals surface area contributed by atoms with Gasteiger partial charge in [0.15, 0.2) is 11.6 Å². The zero-order valence-electron chi connectivity index (χ0n) is 10.1. The standard InChI is InChI=1S/C13H13FN4O/c14-11-10(4-7-17-12(11)15)13(19)18-6-3-9-2-1-5-16-8-9/h1-2,4-5,7-8H,3,6H2,(H2,15,17)(H,18,19). The Morgan fingerprint density at radius 1 is 1.37 bits per heavy atom. The summed E-state index contributed by atoms with van der Waals surface area (Å²) in [5.41, 5.74) is 6.20. The Morgan fingerprint density at radius 2 is 2.21 bits per heavy atom. The van der Waals surface area contributed by atoms with Crippen LogP contribution in [0.15, 0.2) is 36.8 Å². The molecule has 0 aromatic carbocycles. The smallest absolute Gasteiger partial charge is 0.254 e. The number of nitrogen functional groups attached to an aromatic ring is 1. The first-order valence-electron chi connectivity index (χ1n) is 5.75. The quantitative estimate of drug-likeness (QED) is 0.864. The number of pyridine rings is 2. The second-order valence-corrected chi connectivity index (χ2v) is 3.92. The third-order valence-electron chi connectivity index (χ3n) is 2.58. The van der Waals surface area contributed by atoms with Gasteiger partial charge in [-0.05, 0) is 24.1 Å². The molecule has 0 bridgehead atoms. The lowest BCUT2D eigenvalue weighted by Crippen LogP contribution is -2.27. The summed E-state index contributed by atoms with van der Waals surface area (Å²) < 4.78 is 13.5. The Hall–Kier alpha value is -2.50. The third kappa shape index (κ3) is 3.25. The van der Waals surface area contributed by atoms with Gasteiger partial charge in [-0.3, -0.25) is 9.78 Å². The highest BCUT2D eigenvalue weighted by molar-refractivity contribution is 5.95. The van der Waals surface area contributed by atoms with Crippen LogP contribution in [0.3, 0.4) is 0 Å². The Labute approximate surface area is 109 Å². The average molecular weight is 260 g/mol. The zero-order valence-corrected chi connectivity index (χ0v) is 10.1. The number of carbonyl (C=O) groups is 1. The number of amides is 1. The summed E-state index contributed by atoms with van der Waals surface area (Å²) in [5.74, 6) is -1.57. The number of hydrogen-bond acceptors (Lipinski definition) is 4. The molecule has 2 rings (SSSR count). The first-order valence-corrected chi connectivity index (χ1v) is 5.75. The van der Waals surface area contributed by atoms with E-state index in [4.69, 9.17) is 5.73 Å². The van der Waals surface area contributed by atoms with E-state index < -0.39 is 11.7 Å². The van der Waals surface area contributed by atoms with Crippen LogP contribution in [0.25, 0.3) is 0 Å². The fourth-order valence-corrected chi connectivity index (χ4v) is 1.60. The van der Waals surface area contributed by atoms with Crippen molar-refractivity contribution in [1.29, 1.82) is 0 Å². The van der Waals surface area contributed by atoms with Crippen molar-refractivity contribution < 1.29 is 9.18 Å². The van der Waals surface area contributed by atoms with Gasteiger partial charge in [-0.1, -0.05) is 6.07 Å². The number of nitrogens with two attached hydrogens (primary N) is 1. The van der Waals surface area contributed by atoms with Crippen LogP contribution in [-0.4, -0.2) is 22.4 Å². The van der Waals surface area contributed by atoms with E-state index in [1.165, 1.54) is 12.3 Å². The van der Waals surface area contributed by atoms with Gasteiger partial charge in [-0.15, -0.1) is 0 Å². The van der Waals surface area contributed by atoms with Gasteiger partial charge < -0.3 is 11.1 Å². The SMILES string of the molecule is Nc1nccc(C(=O)NCCc2cccnc2)c1F. The molecule has 6 heteroatoms. The maximum absolute atomic E-state index is 13.5. The molecule has 2 aromatic rings. The van der Waals surface area contributed by atoms with Gasteiger partial charge in [0.2, 0.25) is 0 Å². The lowest BCUT2D eigenvalue weighted by molar-refractivity contribution is 0.0950. The molecule has 98 valence electrons. The topological polar surface area (TPSA) is 80.9 Å². The lowest BCUT2D eigenvalue weighted by Gasteiger charge is -2.06. The van der Waals surface area contributed by atoms with Gasteiger partial charge in [-0.2, -0.15) is 0 Å². The maximum atomic E-state index is 13.5. The highest BCUT2D eigenvalue weighted by Crippen LogP contribution is 2.11. The van der Waals surface area contributed by atoms with E-state index >= 15 is 0 Å². The maximum Gasteiger partial charge on any atom is 0.254 e. The van der Waals surface area contributed by atoms with Crippen molar-refractivity contribution in [1.82, 2.24) is 15.3 Å². The van der Waals surface area contributed by atoms with Crippen LogP contribution >= 0.6 is 0 Å². The molecule has 0 saturated heterocycles. The molecule has 0 aliphatic heterocycles. The number of aromatic nitrogens is 2. The van der Waals surface area contributed by atoms with E-state index in [0.29, 0.717) is 13.0 Å². The van der Waals surface area contributed by atoms with Crippen LogP contribution in [0.5, 0.6) is 0 Å². The Kier molecular flexibility index (Phi) is 4.02. The van der Waals surface area contributed by atoms with E-state index in [-0.39, 0.29) is 11.4 Å². The molecule has 2 aromatic heterocycles. The van der Waals surface area contributed by atoms with Gasteiger partial charge in [0.25, 0.3) is 5.91 Å². The largest absolute Gasteiger partial charge is 0.381 e. The molecule has 2 heterocycles. The summed E-state index contributed by atoms with van der Waals surface area (Å²) in [5, 5.41) is 2.63. The molecule has 0 saturated carbocycles. The minimum Gasteiger partial charge on any atom is -0.381 e. The number of rotatable bonds is 4. The summed E-state index contributed by atoms with van der Waals surface area (Å²) in [4.78, 5) is 19.3. The Morgan fingerprint density at radius 3 is 2.95 bits per heavy atom. The average Bonchev–Trinajstić information content (AvgIpc) is 2.43. The summed E-state index contributed by atoms with van der Waals surface area (Å²) in [6.45, 7) is 0.395. The van der Waals surface area contributed by atoms with Crippen LogP contribution in [0.1, 0.15) is 15.9 Å². The number of nitrogens with one attached hydrogen (secondary N) is 1. The number of anilines is 1. The third-order valence-corrected chi connectivity index (χ3v) is 2.58. The summed E-state index contributed by atoms with van der Waals surface area (Å²) >= 11 is 0. The van der Waals surface area contributed by atoms with Gasteiger partial charge in [0.1, 0.15) is 0 Å². The van der Waals surface area contributed by atoms with Crippen molar-refractivity contribution in [3.05, 3.63) is 53.7 Å². The Balaban J connectivity index is 1.93. The van der Waals surface area contributed by atoms with Crippen LogP contribution in [-0.2, 0) is 6.42 Å². The van der Waals surface area contributed by atoms with E-state index in [1.807, 2.05) is 12.1 Å².